The number of nitrogens with zero attached hydrogens (tertiary/aromatic N) is 6. The van der Waals surface area contributed by atoms with Gasteiger partial charge in [0.1, 0.15) is 0 Å². The van der Waals surface area contributed by atoms with Crippen LogP contribution in [0.5, 0.6) is 0 Å². The molecule has 214 valence electrons. The Bertz CT molecular complexity index is 2530. The van der Waals surface area contributed by atoms with E-state index in [1.165, 1.54) is 0 Å². The lowest BCUT2D eigenvalue weighted by atomic mass is 9.99. The molecule has 46 heavy (non-hydrogen) atoms. The van der Waals surface area contributed by atoms with E-state index in [9.17, 15) is 0 Å². The van der Waals surface area contributed by atoms with Crippen molar-refractivity contribution in [2.45, 2.75) is 0 Å². The molecule has 0 bridgehead atoms. The molecule has 9 rings (SSSR count). The van der Waals surface area contributed by atoms with E-state index >= 15 is 0 Å². The average molecular weight is 589 g/mol. The van der Waals surface area contributed by atoms with E-state index in [-0.39, 0.29) is 0 Å². The SMILES string of the molecule is c1ccc(-c2nc(-c3ccccc3)nc(-c3cccc(-c4nc5ccccc5c5nc6c(ccc7cccnc76)cc45)c3)n2)cc1. The lowest BCUT2D eigenvalue weighted by Gasteiger charge is -2.13. The van der Waals surface area contributed by atoms with E-state index in [2.05, 4.69) is 47.4 Å². The van der Waals surface area contributed by atoms with Crippen LogP contribution in [0, 0.1) is 0 Å². The van der Waals surface area contributed by atoms with E-state index in [4.69, 9.17) is 24.9 Å². The van der Waals surface area contributed by atoms with E-state index in [1.807, 2.05) is 103 Å². The normalized spacial score (nSPS) is 11.5. The van der Waals surface area contributed by atoms with Crippen molar-refractivity contribution in [2.75, 3.05) is 0 Å². The first-order valence-corrected chi connectivity index (χ1v) is 15.1. The number of fused-ring (bicyclic) bond motifs is 6. The molecule has 6 heteroatoms. The Morgan fingerprint density at radius 2 is 0.978 bits per heavy atom. The molecule has 6 nitrogen and oxygen atoms in total. The first-order chi connectivity index (χ1) is 22.8. The van der Waals surface area contributed by atoms with Gasteiger partial charge in [0.25, 0.3) is 0 Å². The van der Waals surface area contributed by atoms with Gasteiger partial charge in [-0.3, -0.25) is 4.98 Å². The van der Waals surface area contributed by atoms with Crippen LogP contribution in [0.2, 0.25) is 0 Å². The summed E-state index contributed by atoms with van der Waals surface area (Å²) in [6, 6.07) is 46.9. The van der Waals surface area contributed by atoms with Crippen molar-refractivity contribution in [3.8, 4) is 45.4 Å². The van der Waals surface area contributed by atoms with Crippen LogP contribution in [0.1, 0.15) is 0 Å². The lowest BCUT2D eigenvalue weighted by Crippen LogP contribution is -2.00. The molecule has 0 aliphatic carbocycles. The minimum atomic E-state index is 0.598. The number of pyridine rings is 3. The van der Waals surface area contributed by atoms with Crippen LogP contribution in [0.15, 0.2) is 146 Å². The number of hydrogen-bond acceptors (Lipinski definition) is 6. The first kappa shape index (κ1) is 26.0. The third-order valence-electron chi connectivity index (χ3n) is 8.30. The van der Waals surface area contributed by atoms with Crippen LogP contribution in [-0.2, 0) is 0 Å². The van der Waals surface area contributed by atoms with Crippen molar-refractivity contribution < 1.29 is 0 Å². The monoisotopic (exact) mass is 588 g/mol. The molecule has 0 aliphatic rings. The molecule has 0 unspecified atom stereocenters. The van der Waals surface area contributed by atoms with Gasteiger partial charge in [-0.2, -0.15) is 0 Å². The summed E-state index contributed by atoms with van der Waals surface area (Å²) >= 11 is 0. The molecule has 0 aliphatic heterocycles. The standard InChI is InChI=1S/C40H24N6/c1-3-11-26(12-4-1)38-44-39(27-13-5-2-6-14-27)46-40(45-38)30-16-9-15-28(23-30)34-32-24-29-21-20-25-17-10-22-41-35(25)36(29)43-37(32)31-18-7-8-19-33(31)42-34/h1-24H. The molecule has 0 radical (unpaired) electrons. The molecule has 0 spiro atoms. The maximum absolute atomic E-state index is 5.26. The van der Waals surface area contributed by atoms with Crippen molar-refractivity contribution in [2.24, 2.45) is 0 Å². The topological polar surface area (TPSA) is 77.3 Å². The maximum atomic E-state index is 5.26. The number of rotatable bonds is 4. The molecule has 0 N–H and O–H groups in total. The zero-order chi connectivity index (χ0) is 30.5. The molecule has 0 saturated heterocycles. The van der Waals surface area contributed by atoms with Gasteiger partial charge in [-0.25, -0.2) is 24.9 Å². The van der Waals surface area contributed by atoms with Crippen molar-refractivity contribution in [3.63, 3.8) is 0 Å². The van der Waals surface area contributed by atoms with E-state index in [0.29, 0.717) is 17.5 Å². The Labute approximate surface area is 264 Å². The highest BCUT2D eigenvalue weighted by molar-refractivity contribution is 6.15. The van der Waals surface area contributed by atoms with Gasteiger partial charge in [0.15, 0.2) is 17.5 Å². The summed E-state index contributed by atoms with van der Waals surface area (Å²) in [7, 11) is 0. The highest BCUT2D eigenvalue weighted by Gasteiger charge is 2.17. The highest BCUT2D eigenvalue weighted by atomic mass is 15.0. The van der Waals surface area contributed by atoms with Crippen molar-refractivity contribution in [3.05, 3.63) is 146 Å². The number of para-hydroxylation sites is 1. The van der Waals surface area contributed by atoms with E-state index < -0.39 is 0 Å². The Hall–Kier alpha value is -6.40. The summed E-state index contributed by atoms with van der Waals surface area (Å²) in [5.74, 6) is 1.85. The number of benzene rings is 5. The highest BCUT2D eigenvalue weighted by Crippen LogP contribution is 2.36. The predicted molar refractivity (Wildman–Crippen MR) is 185 cm³/mol. The molecular weight excluding hydrogens is 564 g/mol. The van der Waals surface area contributed by atoms with Gasteiger partial charge < -0.3 is 0 Å². The van der Waals surface area contributed by atoms with E-state index in [1.54, 1.807) is 0 Å². The van der Waals surface area contributed by atoms with Gasteiger partial charge in [-0.1, -0.05) is 115 Å². The van der Waals surface area contributed by atoms with Gasteiger partial charge >= 0.3 is 0 Å². The van der Waals surface area contributed by atoms with Crippen LogP contribution < -0.4 is 0 Å². The minimum absolute atomic E-state index is 0.598. The van der Waals surface area contributed by atoms with Gasteiger partial charge in [0.2, 0.25) is 0 Å². The Balaban J connectivity index is 1.27. The van der Waals surface area contributed by atoms with Crippen molar-refractivity contribution in [1.29, 1.82) is 0 Å². The summed E-state index contributed by atoms with van der Waals surface area (Å²) in [4.78, 5) is 29.9. The summed E-state index contributed by atoms with van der Waals surface area (Å²) in [6.45, 7) is 0. The molecule has 5 aromatic carbocycles. The third-order valence-corrected chi connectivity index (χ3v) is 8.30. The van der Waals surface area contributed by atoms with Crippen LogP contribution >= 0.6 is 0 Å². The molecule has 4 aromatic heterocycles. The molecule has 0 saturated carbocycles. The molecule has 0 fully saturated rings. The fraction of sp³-hybridized carbons (Fsp3) is 0. The van der Waals surface area contributed by atoms with Crippen LogP contribution in [0.4, 0.5) is 0 Å². The number of aromatic nitrogens is 6. The second kappa shape index (κ2) is 10.6. The molecule has 9 aromatic rings. The molecule has 0 atom stereocenters. The summed E-state index contributed by atoms with van der Waals surface area (Å²) in [6.07, 6.45) is 1.82. The molecular formula is C40H24N6. The van der Waals surface area contributed by atoms with Crippen LogP contribution in [0.25, 0.3) is 89.0 Å². The zero-order valence-electron chi connectivity index (χ0n) is 24.5. The number of hydrogen-bond donors (Lipinski definition) is 0. The second-order valence-corrected chi connectivity index (χ2v) is 11.2. The summed E-state index contributed by atoms with van der Waals surface area (Å²) in [5.41, 5.74) is 8.11. The zero-order valence-corrected chi connectivity index (χ0v) is 24.5. The van der Waals surface area contributed by atoms with Gasteiger partial charge in [0, 0.05) is 50.0 Å². The first-order valence-electron chi connectivity index (χ1n) is 15.1. The van der Waals surface area contributed by atoms with Crippen LogP contribution in [-0.4, -0.2) is 29.9 Å². The molecule has 4 heterocycles. The van der Waals surface area contributed by atoms with Crippen molar-refractivity contribution in [1.82, 2.24) is 29.9 Å². The summed E-state index contributed by atoms with van der Waals surface area (Å²) in [5, 5.41) is 4.06. The van der Waals surface area contributed by atoms with Gasteiger partial charge in [-0.05, 0) is 24.3 Å². The predicted octanol–water partition coefficient (Wildman–Crippen LogP) is 9.34. The second-order valence-electron chi connectivity index (χ2n) is 11.2. The van der Waals surface area contributed by atoms with Gasteiger partial charge in [-0.15, -0.1) is 0 Å². The van der Waals surface area contributed by atoms with E-state index in [0.717, 1.165) is 71.6 Å². The Morgan fingerprint density at radius 1 is 0.348 bits per heavy atom. The third kappa shape index (κ3) is 4.43. The Morgan fingerprint density at radius 3 is 1.74 bits per heavy atom. The van der Waals surface area contributed by atoms with Crippen LogP contribution in [0.3, 0.4) is 0 Å². The molecule has 0 amide bonds. The lowest BCUT2D eigenvalue weighted by molar-refractivity contribution is 1.07. The fourth-order valence-electron chi connectivity index (χ4n) is 6.08. The fourth-order valence-corrected chi connectivity index (χ4v) is 6.08. The largest absolute Gasteiger partial charge is 0.254 e. The maximum Gasteiger partial charge on any atom is 0.164 e. The smallest absolute Gasteiger partial charge is 0.164 e. The minimum Gasteiger partial charge on any atom is -0.254 e. The quantitative estimate of drug-likeness (QED) is 0.151. The van der Waals surface area contributed by atoms with Gasteiger partial charge in [0.05, 0.1) is 27.8 Å². The Kier molecular flexibility index (Phi) is 6.03. The van der Waals surface area contributed by atoms with Crippen molar-refractivity contribution >= 4 is 43.6 Å². The average Bonchev–Trinajstić information content (AvgIpc) is 3.14. The summed E-state index contributed by atoms with van der Waals surface area (Å²) < 4.78 is 0.